The number of anilines is 2. The zero-order valence-corrected chi connectivity index (χ0v) is 26.5. The van der Waals surface area contributed by atoms with Gasteiger partial charge in [-0.3, -0.25) is 9.59 Å². The molecule has 3 heterocycles. The van der Waals surface area contributed by atoms with Crippen molar-refractivity contribution in [2.24, 2.45) is 0 Å². The lowest BCUT2D eigenvalue weighted by Gasteiger charge is -2.20. The number of carbonyl (C=O) groups is 2. The van der Waals surface area contributed by atoms with Gasteiger partial charge in [-0.1, -0.05) is 67.6 Å². The highest BCUT2D eigenvalue weighted by Gasteiger charge is 2.43. The van der Waals surface area contributed by atoms with Crippen LogP contribution < -0.4 is 16.0 Å². The van der Waals surface area contributed by atoms with Gasteiger partial charge in [0, 0.05) is 38.0 Å². The number of fused-ring (bicyclic) bond motifs is 1. The van der Waals surface area contributed by atoms with Crippen molar-refractivity contribution in [1.29, 1.82) is 0 Å². The van der Waals surface area contributed by atoms with Gasteiger partial charge in [0.15, 0.2) is 17.0 Å². The van der Waals surface area contributed by atoms with Gasteiger partial charge in [-0.05, 0) is 17.5 Å². The van der Waals surface area contributed by atoms with Crippen LogP contribution in [-0.4, -0.2) is 87.6 Å². The van der Waals surface area contributed by atoms with Crippen LogP contribution in [0.15, 0.2) is 79.5 Å². The Morgan fingerprint density at radius 1 is 0.938 bits per heavy atom. The molecule has 0 radical (unpaired) electrons. The molecule has 14 nitrogen and oxygen atoms in total. The number of carbonyl (C=O) groups excluding carboxylic acids is 1. The van der Waals surface area contributed by atoms with Crippen LogP contribution in [-0.2, 0) is 22.6 Å². The molecule has 6 rings (SSSR count). The summed E-state index contributed by atoms with van der Waals surface area (Å²) in [5.74, 6) is -0.339. The summed E-state index contributed by atoms with van der Waals surface area (Å²) < 4.78 is 3.24. The first kappa shape index (κ1) is 32.6. The molecule has 1 fully saturated rings. The SMILES string of the molecule is CCC(=O)N[C@H]1C[C@@H](n2cnc3c(NCC(c4ccccc4)c4ccccc4)nc(NCCc4cn(CC(=O)O)cn4)nc32)[C@H](O)[C@@H]1O. The topological polar surface area (TPSA) is 192 Å². The molecule has 0 unspecified atom stereocenters. The maximum absolute atomic E-state index is 12.1. The fourth-order valence-electron chi connectivity index (χ4n) is 6.18. The van der Waals surface area contributed by atoms with Crippen LogP contribution in [0.1, 0.15) is 48.5 Å². The van der Waals surface area contributed by atoms with Crippen molar-refractivity contribution in [3.63, 3.8) is 0 Å². The maximum atomic E-state index is 12.1. The molecule has 0 bridgehead atoms. The third-order valence-electron chi connectivity index (χ3n) is 8.64. The number of carboxylic acid groups (broad SMARTS) is 1. The van der Waals surface area contributed by atoms with E-state index in [1.54, 1.807) is 24.0 Å². The van der Waals surface area contributed by atoms with Gasteiger partial charge < -0.3 is 40.4 Å². The number of aliphatic carboxylic acids is 1. The molecule has 5 aromatic rings. The fourth-order valence-corrected chi connectivity index (χ4v) is 6.18. The highest BCUT2D eigenvalue weighted by molar-refractivity contribution is 5.84. The van der Waals surface area contributed by atoms with Crippen LogP contribution in [0.3, 0.4) is 0 Å². The fraction of sp³-hybridized carbons (Fsp3) is 0.353. The largest absolute Gasteiger partial charge is 0.480 e. The predicted octanol–water partition coefficient (Wildman–Crippen LogP) is 2.57. The number of hydrogen-bond acceptors (Lipinski definition) is 10. The molecule has 0 saturated heterocycles. The lowest BCUT2D eigenvalue weighted by Crippen LogP contribution is -2.42. The second-order valence-electron chi connectivity index (χ2n) is 11.9. The molecule has 1 amide bonds. The summed E-state index contributed by atoms with van der Waals surface area (Å²) in [6, 6.07) is 19.2. The van der Waals surface area contributed by atoms with E-state index >= 15 is 0 Å². The molecule has 0 aliphatic heterocycles. The standard InChI is InChI=1S/C34H39N9O5/c1-2-27(44)39-25-15-26(31(48)30(25)47)43-20-38-29-32(36-16-24(21-9-5-3-6-10-21)22-11-7-4-8-12-22)40-34(41-33(29)43)35-14-13-23-17-42(19-37-23)18-28(45)46/h3-12,17,19-20,24-26,30-31,47-48H,2,13-16,18H2,1H3,(H,39,44)(H,45,46)(H2,35,36,40,41)/t25-,26+,30+,31-/m0/s1. The van der Waals surface area contributed by atoms with Crippen molar-refractivity contribution >= 4 is 34.8 Å². The maximum Gasteiger partial charge on any atom is 0.323 e. The number of imidazole rings is 2. The van der Waals surface area contributed by atoms with Crippen LogP contribution in [0.5, 0.6) is 0 Å². The highest BCUT2D eigenvalue weighted by Crippen LogP contribution is 2.35. The number of benzene rings is 2. The molecule has 250 valence electrons. The summed E-state index contributed by atoms with van der Waals surface area (Å²) in [7, 11) is 0. The van der Waals surface area contributed by atoms with Gasteiger partial charge in [0.1, 0.15) is 18.8 Å². The number of aromatic nitrogens is 6. The minimum absolute atomic E-state index is 0.00607. The van der Waals surface area contributed by atoms with Crippen molar-refractivity contribution < 1.29 is 24.9 Å². The average molecular weight is 654 g/mol. The van der Waals surface area contributed by atoms with Crippen molar-refractivity contribution in [3.8, 4) is 0 Å². The van der Waals surface area contributed by atoms with E-state index in [1.807, 2.05) is 36.4 Å². The van der Waals surface area contributed by atoms with Crippen LogP contribution in [0.2, 0.25) is 0 Å². The van der Waals surface area contributed by atoms with E-state index in [9.17, 15) is 19.8 Å². The number of carboxylic acids is 1. The van der Waals surface area contributed by atoms with Crippen molar-refractivity contribution in [2.75, 3.05) is 23.7 Å². The minimum atomic E-state index is -1.16. The molecule has 14 heteroatoms. The zero-order chi connectivity index (χ0) is 33.6. The number of nitrogens with one attached hydrogen (secondary N) is 3. The number of aliphatic hydroxyl groups excluding tert-OH is 2. The second-order valence-corrected chi connectivity index (χ2v) is 11.9. The lowest BCUT2D eigenvalue weighted by molar-refractivity contribution is -0.137. The number of hydrogen-bond donors (Lipinski definition) is 6. The zero-order valence-electron chi connectivity index (χ0n) is 26.5. The first-order chi connectivity index (χ1) is 23.3. The average Bonchev–Trinajstić information content (AvgIpc) is 3.79. The monoisotopic (exact) mass is 653 g/mol. The molecule has 3 aromatic heterocycles. The van der Waals surface area contributed by atoms with Crippen LogP contribution in [0, 0.1) is 0 Å². The van der Waals surface area contributed by atoms with E-state index in [-0.39, 0.29) is 31.2 Å². The molecule has 48 heavy (non-hydrogen) atoms. The van der Waals surface area contributed by atoms with Crippen LogP contribution >= 0.6 is 0 Å². The van der Waals surface area contributed by atoms with E-state index in [1.165, 1.54) is 10.9 Å². The quantitative estimate of drug-likeness (QED) is 0.103. The number of rotatable bonds is 14. The summed E-state index contributed by atoms with van der Waals surface area (Å²) in [5.41, 5.74) is 3.93. The van der Waals surface area contributed by atoms with E-state index in [0.29, 0.717) is 48.1 Å². The summed E-state index contributed by atoms with van der Waals surface area (Å²) in [4.78, 5) is 41.7. The van der Waals surface area contributed by atoms with Crippen molar-refractivity contribution in [3.05, 3.63) is 96.3 Å². The summed E-state index contributed by atoms with van der Waals surface area (Å²) in [6.45, 7) is 2.48. The molecule has 0 spiro atoms. The Labute approximate surface area is 276 Å². The molecule has 1 saturated carbocycles. The highest BCUT2D eigenvalue weighted by atomic mass is 16.4. The van der Waals surface area contributed by atoms with Crippen LogP contribution in [0.25, 0.3) is 11.2 Å². The Bertz CT molecular complexity index is 1810. The van der Waals surface area contributed by atoms with E-state index < -0.39 is 30.3 Å². The normalized spacial score (nSPS) is 19.1. The van der Waals surface area contributed by atoms with Gasteiger partial charge in [-0.25, -0.2) is 9.97 Å². The van der Waals surface area contributed by atoms with Gasteiger partial charge in [0.25, 0.3) is 0 Å². The second kappa shape index (κ2) is 14.6. The number of amides is 1. The number of aliphatic hydroxyl groups is 2. The molecule has 1 aliphatic carbocycles. The Morgan fingerprint density at radius 2 is 1.65 bits per heavy atom. The smallest absolute Gasteiger partial charge is 0.323 e. The third kappa shape index (κ3) is 7.29. The number of nitrogens with zero attached hydrogens (tertiary/aromatic N) is 6. The van der Waals surface area contributed by atoms with Crippen molar-refractivity contribution in [2.45, 2.75) is 62.9 Å². The summed E-state index contributed by atoms with van der Waals surface area (Å²) in [5, 5.41) is 40.5. The van der Waals surface area contributed by atoms with Gasteiger partial charge in [0.05, 0.1) is 30.4 Å². The van der Waals surface area contributed by atoms with Crippen molar-refractivity contribution in [1.82, 2.24) is 34.4 Å². The Balaban J connectivity index is 1.30. The van der Waals surface area contributed by atoms with Gasteiger partial charge in [-0.15, -0.1) is 0 Å². The third-order valence-corrected chi connectivity index (χ3v) is 8.64. The molecular weight excluding hydrogens is 614 g/mol. The first-order valence-electron chi connectivity index (χ1n) is 16.0. The van der Waals surface area contributed by atoms with E-state index in [2.05, 4.69) is 50.2 Å². The van der Waals surface area contributed by atoms with Gasteiger partial charge >= 0.3 is 5.97 Å². The summed E-state index contributed by atoms with van der Waals surface area (Å²) in [6.07, 6.45) is 3.50. The Hall–Kier alpha value is -5.34. The molecular formula is C34H39N9O5. The van der Waals surface area contributed by atoms with E-state index in [4.69, 9.17) is 15.1 Å². The minimum Gasteiger partial charge on any atom is -0.480 e. The van der Waals surface area contributed by atoms with Gasteiger partial charge in [0.2, 0.25) is 11.9 Å². The first-order valence-corrected chi connectivity index (χ1v) is 16.0. The van der Waals surface area contributed by atoms with Gasteiger partial charge in [-0.2, -0.15) is 9.97 Å². The molecule has 1 aliphatic rings. The predicted molar refractivity (Wildman–Crippen MR) is 178 cm³/mol. The van der Waals surface area contributed by atoms with Crippen LogP contribution in [0.4, 0.5) is 11.8 Å². The molecule has 2 aromatic carbocycles. The molecule has 4 atom stereocenters. The Kier molecular flexibility index (Phi) is 9.92. The lowest BCUT2D eigenvalue weighted by atomic mass is 9.91. The Morgan fingerprint density at radius 3 is 2.31 bits per heavy atom. The molecule has 6 N–H and O–H groups in total. The van der Waals surface area contributed by atoms with E-state index in [0.717, 1.165) is 11.1 Å². The summed E-state index contributed by atoms with van der Waals surface area (Å²) >= 11 is 0.